The summed E-state index contributed by atoms with van der Waals surface area (Å²) in [7, 11) is 0. The number of nitrogens with zero attached hydrogens (tertiary/aromatic N) is 1. The van der Waals surface area contributed by atoms with Crippen LogP contribution in [-0.2, 0) is 0 Å². The molecule has 0 aliphatic rings. The van der Waals surface area contributed by atoms with Gasteiger partial charge in [0, 0.05) is 6.54 Å². The van der Waals surface area contributed by atoms with Crippen molar-refractivity contribution < 1.29 is 4.74 Å². The molecule has 1 aromatic rings. The third kappa shape index (κ3) is 4.29. The van der Waals surface area contributed by atoms with Crippen molar-refractivity contribution in [2.45, 2.75) is 19.4 Å². The zero-order valence-corrected chi connectivity index (χ0v) is 10.1. The van der Waals surface area contributed by atoms with Crippen LogP contribution >= 0.6 is 0 Å². The van der Waals surface area contributed by atoms with Gasteiger partial charge < -0.3 is 4.74 Å². The van der Waals surface area contributed by atoms with E-state index in [2.05, 4.69) is 24.9 Å². The monoisotopic (exact) mass is 230 g/mol. The molecular formula is C14H18N2O. The number of ether oxygens (including phenoxy) is 1. The highest BCUT2D eigenvalue weighted by Gasteiger charge is 2.09. The van der Waals surface area contributed by atoms with E-state index in [9.17, 15) is 0 Å². The van der Waals surface area contributed by atoms with Crippen LogP contribution in [0.3, 0.4) is 0 Å². The molecule has 0 saturated heterocycles. The van der Waals surface area contributed by atoms with Crippen molar-refractivity contribution in [1.29, 1.82) is 5.26 Å². The average molecular weight is 230 g/mol. The lowest BCUT2D eigenvalue weighted by atomic mass is 10.1. The zero-order valence-electron chi connectivity index (χ0n) is 10.1. The Labute approximate surface area is 103 Å². The lowest BCUT2D eigenvalue weighted by Crippen LogP contribution is -2.19. The maximum atomic E-state index is 9.09. The molecule has 0 aromatic heterocycles. The molecule has 1 atom stereocenters. The Hall–Kier alpha value is -1.79. The Bertz CT molecular complexity index is 395. The second-order valence-corrected chi connectivity index (χ2v) is 3.68. The highest BCUT2D eigenvalue weighted by Crippen LogP contribution is 2.19. The van der Waals surface area contributed by atoms with Gasteiger partial charge in [0.05, 0.1) is 12.7 Å². The van der Waals surface area contributed by atoms with Gasteiger partial charge >= 0.3 is 0 Å². The smallest absolute Gasteiger partial charge is 0.121 e. The van der Waals surface area contributed by atoms with Crippen LogP contribution in [0.1, 0.15) is 24.9 Å². The molecule has 0 aliphatic carbocycles. The molecule has 1 N–H and O–H groups in total. The van der Waals surface area contributed by atoms with E-state index in [4.69, 9.17) is 10.00 Å². The van der Waals surface area contributed by atoms with Crippen molar-refractivity contribution in [3.05, 3.63) is 42.5 Å². The minimum Gasteiger partial charge on any atom is -0.494 e. The highest BCUT2D eigenvalue weighted by atomic mass is 16.5. The summed E-state index contributed by atoms with van der Waals surface area (Å²) in [5.74, 6) is 0.810. The summed E-state index contributed by atoms with van der Waals surface area (Å²) in [4.78, 5) is 0. The van der Waals surface area contributed by atoms with Gasteiger partial charge in [0.1, 0.15) is 11.8 Å². The summed E-state index contributed by atoms with van der Waals surface area (Å²) in [5.41, 5.74) is 0.919. The summed E-state index contributed by atoms with van der Waals surface area (Å²) >= 11 is 0. The second-order valence-electron chi connectivity index (χ2n) is 3.68. The Balaban J connectivity index is 2.74. The molecule has 0 spiro atoms. The normalized spacial score (nSPS) is 11.5. The third-order valence-corrected chi connectivity index (χ3v) is 2.26. The number of hydrogen-bond acceptors (Lipinski definition) is 3. The summed E-state index contributed by atoms with van der Waals surface area (Å²) < 4.78 is 5.54. The topological polar surface area (TPSA) is 45.0 Å². The van der Waals surface area contributed by atoms with Gasteiger partial charge in [-0.1, -0.05) is 25.1 Å². The maximum absolute atomic E-state index is 9.09. The van der Waals surface area contributed by atoms with Crippen LogP contribution < -0.4 is 10.1 Å². The van der Waals surface area contributed by atoms with Crippen molar-refractivity contribution in [1.82, 2.24) is 5.32 Å². The quantitative estimate of drug-likeness (QED) is 0.732. The predicted molar refractivity (Wildman–Crippen MR) is 68.8 cm³/mol. The minimum absolute atomic E-state index is 0.321. The molecule has 0 bridgehead atoms. The molecule has 3 nitrogen and oxygen atoms in total. The van der Waals surface area contributed by atoms with E-state index in [0.717, 1.165) is 17.7 Å². The number of nitrogens with one attached hydrogen (secondary N) is 1. The molecule has 0 fully saturated rings. The van der Waals surface area contributed by atoms with E-state index in [1.54, 1.807) is 6.08 Å². The first-order valence-electron chi connectivity index (χ1n) is 5.78. The lowest BCUT2D eigenvalue weighted by molar-refractivity contribution is 0.317. The van der Waals surface area contributed by atoms with Crippen molar-refractivity contribution in [2.24, 2.45) is 0 Å². The molecule has 1 rings (SSSR count). The van der Waals surface area contributed by atoms with Crippen LogP contribution in [0.2, 0.25) is 0 Å². The first-order chi connectivity index (χ1) is 8.31. The zero-order chi connectivity index (χ0) is 12.5. The van der Waals surface area contributed by atoms with Gasteiger partial charge in [-0.25, -0.2) is 0 Å². The molecule has 0 heterocycles. The van der Waals surface area contributed by atoms with Crippen LogP contribution in [0.4, 0.5) is 0 Å². The maximum Gasteiger partial charge on any atom is 0.121 e. The Morgan fingerprint density at radius 3 is 3.06 bits per heavy atom. The number of rotatable bonds is 7. The molecule has 0 aliphatic heterocycles. The average Bonchev–Trinajstić information content (AvgIpc) is 2.38. The van der Waals surface area contributed by atoms with Gasteiger partial charge in [0.2, 0.25) is 0 Å². The standard InChI is InChI=1S/C14H18N2O/c1-3-8-16-14(11-15)12-6-5-7-13(10-12)17-9-4-2/h3,5-7,10,14,16H,1,4,8-9H2,2H3. The van der Waals surface area contributed by atoms with Crippen LogP contribution in [0.5, 0.6) is 5.75 Å². The largest absolute Gasteiger partial charge is 0.494 e. The Morgan fingerprint density at radius 2 is 2.41 bits per heavy atom. The first kappa shape index (κ1) is 13.3. The number of nitriles is 1. The lowest BCUT2D eigenvalue weighted by Gasteiger charge is -2.12. The van der Waals surface area contributed by atoms with E-state index in [1.807, 2.05) is 24.3 Å². The molecule has 0 amide bonds. The fourth-order valence-corrected chi connectivity index (χ4v) is 1.44. The van der Waals surface area contributed by atoms with Crippen molar-refractivity contribution in [3.63, 3.8) is 0 Å². The molecule has 1 unspecified atom stereocenters. The minimum atomic E-state index is -0.321. The van der Waals surface area contributed by atoms with Gasteiger partial charge in [-0.05, 0) is 24.1 Å². The molecular weight excluding hydrogens is 212 g/mol. The fraction of sp³-hybridized carbons (Fsp3) is 0.357. The van der Waals surface area contributed by atoms with E-state index in [-0.39, 0.29) is 6.04 Å². The van der Waals surface area contributed by atoms with Gasteiger partial charge in [-0.2, -0.15) is 5.26 Å². The predicted octanol–water partition coefficient (Wildman–Crippen LogP) is 2.82. The van der Waals surface area contributed by atoms with Gasteiger partial charge in [0.15, 0.2) is 0 Å². The van der Waals surface area contributed by atoms with Gasteiger partial charge in [-0.15, -0.1) is 6.58 Å². The summed E-state index contributed by atoms with van der Waals surface area (Å²) in [6.45, 7) is 6.99. The van der Waals surface area contributed by atoms with E-state index >= 15 is 0 Å². The molecule has 3 heteroatoms. The third-order valence-electron chi connectivity index (χ3n) is 2.26. The molecule has 0 radical (unpaired) electrons. The van der Waals surface area contributed by atoms with Crippen LogP contribution in [-0.4, -0.2) is 13.2 Å². The number of hydrogen-bond donors (Lipinski definition) is 1. The van der Waals surface area contributed by atoms with E-state index in [1.165, 1.54) is 0 Å². The van der Waals surface area contributed by atoms with Crippen LogP contribution in [0.15, 0.2) is 36.9 Å². The first-order valence-corrected chi connectivity index (χ1v) is 5.78. The SMILES string of the molecule is C=CCNC(C#N)c1cccc(OCCC)c1. The Morgan fingerprint density at radius 1 is 1.59 bits per heavy atom. The summed E-state index contributed by atoms with van der Waals surface area (Å²) in [6, 6.07) is 9.53. The summed E-state index contributed by atoms with van der Waals surface area (Å²) in [6.07, 6.45) is 2.71. The van der Waals surface area contributed by atoms with Crippen LogP contribution in [0, 0.1) is 11.3 Å². The Kier molecular flexibility index (Phi) is 5.84. The number of benzene rings is 1. The van der Waals surface area contributed by atoms with E-state index in [0.29, 0.717) is 13.2 Å². The molecule has 90 valence electrons. The van der Waals surface area contributed by atoms with Crippen molar-refractivity contribution in [2.75, 3.05) is 13.2 Å². The van der Waals surface area contributed by atoms with Gasteiger partial charge in [0.25, 0.3) is 0 Å². The molecule has 17 heavy (non-hydrogen) atoms. The van der Waals surface area contributed by atoms with Gasteiger partial charge in [-0.3, -0.25) is 5.32 Å². The fourth-order valence-electron chi connectivity index (χ4n) is 1.44. The van der Waals surface area contributed by atoms with Crippen LogP contribution in [0.25, 0.3) is 0 Å². The second kappa shape index (κ2) is 7.48. The van der Waals surface area contributed by atoms with Crippen molar-refractivity contribution in [3.8, 4) is 11.8 Å². The summed E-state index contributed by atoms with van der Waals surface area (Å²) in [5, 5.41) is 12.2. The molecule has 0 saturated carbocycles. The molecule has 1 aromatic carbocycles. The van der Waals surface area contributed by atoms with Crippen molar-refractivity contribution >= 4 is 0 Å². The van der Waals surface area contributed by atoms with E-state index < -0.39 is 0 Å². The highest BCUT2D eigenvalue weighted by molar-refractivity contribution is 5.33.